The summed E-state index contributed by atoms with van der Waals surface area (Å²) in [5.41, 5.74) is 1.66. The number of nitrogens with zero attached hydrogens (tertiary/aromatic N) is 1. The van der Waals surface area contributed by atoms with Crippen LogP contribution in [0.2, 0.25) is 0 Å². The van der Waals surface area contributed by atoms with E-state index in [0.717, 1.165) is 12.8 Å². The number of amides is 1. The topological polar surface area (TPSA) is 104 Å². The summed E-state index contributed by atoms with van der Waals surface area (Å²) in [7, 11) is 1.36. The number of pyridine rings is 1. The van der Waals surface area contributed by atoms with Crippen LogP contribution in [0.15, 0.2) is 54.4 Å². The summed E-state index contributed by atoms with van der Waals surface area (Å²) in [5, 5.41) is 2.51. The first-order valence-electron chi connectivity index (χ1n) is 13.5. The Kier molecular flexibility index (Phi) is 9.35. The fourth-order valence-corrected chi connectivity index (χ4v) is 4.25. The monoisotopic (exact) mass is 578 g/mol. The van der Waals surface area contributed by atoms with Crippen LogP contribution >= 0.6 is 0 Å². The van der Waals surface area contributed by atoms with Crippen molar-refractivity contribution in [3.8, 4) is 11.5 Å². The number of carbonyl (C=O) groups excluding carboxylic acids is 3. The Morgan fingerprint density at radius 2 is 1.60 bits per heavy atom. The molecule has 0 saturated heterocycles. The first kappa shape index (κ1) is 30.4. The number of rotatable bonds is 10. The van der Waals surface area contributed by atoms with E-state index in [1.54, 1.807) is 38.1 Å². The van der Waals surface area contributed by atoms with Gasteiger partial charge in [-0.2, -0.15) is 0 Å². The second kappa shape index (κ2) is 12.9. The van der Waals surface area contributed by atoms with E-state index in [-0.39, 0.29) is 35.3 Å². The van der Waals surface area contributed by atoms with Gasteiger partial charge in [0.15, 0.2) is 11.4 Å². The van der Waals surface area contributed by atoms with Crippen molar-refractivity contribution in [1.29, 1.82) is 0 Å². The van der Waals surface area contributed by atoms with Crippen molar-refractivity contribution in [2.24, 2.45) is 5.92 Å². The van der Waals surface area contributed by atoms with Crippen LogP contribution in [0.5, 0.6) is 11.5 Å². The molecule has 3 aromatic rings. The third kappa shape index (κ3) is 7.18. The molecule has 42 heavy (non-hydrogen) atoms. The third-order valence-corrected chi connectivity index (χ3v) is 6.90. The maximum atomic E-state index is 14.5. The first-order chi connectivity index (χ1) is 20.0. The molecular weight excluding hydrogens is 546 g/mol. The van der Waals surface area contributed by atoms with Gasteiger partial charge < -0.3 is 19.5 Å². The van der Waals surface area contributed by atoms with Crippen LogP contribution in [0.25, 0.3) is 5.57 Å². The van der Waals surface area contributed by atoms with Gasteiger partial charge in [0.25, 0.3) is 5.91 Å². The van der Waals surface area contributed by atoms with Crippen LogP contribution in [-0.2, 0) is 14.3 Å². The summed E-state index contributed by atoms with van der Waals surface area (Å²) in [6, 6.07) is 9.28. The highest BCUT2D eigenvalue weighted by Crippen LogP contribution is 2.35. The standard InChI is InChI=1S/C32H32F2N2O6/c1-17-6-10-22(15-24(17)33)28(23-11-7-18(2)25(34)16-23)20(4)41-32(39)19(3)36-31(38)29-30(26(40-5)12-13-35-29)42-27(37)14-21-8-9-21/h6-7,10-13,15-16,19,21H,8-9,14H2,1-5H3,(H,36,38)/t19-/m0/s1. The van der Waals surface area contributed by atoms with Crippen LogP contribution < -0.4 is 14.8 Å². The summed E-state index contributed by atoms with van der Waals surface area (Å²) < 4.78 is 45.3. The van der Waals surface area contributed by atoms with Gasteiger partial charge in [0.1, 0.15) is 23.4 Å². The molecule has 4 rings (SSSR count). The minimum atomic E-state index is -1.18. The Morgan fingerprint density at radius 3 is 2.12 bits per heavy atom. The highest BCUT2D eigenvalue weighted by molar-refractivity contribution is 5.99. The highest BCUT2D eigenvalue weighted by atomic mass is 19.1. The molecule has 1 aliphatic carbocycles. The Balaban J connectivity index is 1.57. The van der Waals surface area contributed by atoms with Gasteiger partial charge in [-0.1, -0.05) is 24.3 Å². The van der Waals surface area contributed by atoms with Gasteiger partial charge in [-0.3, -0.25) is 9.59 Å². The fraction of sp³-hybridized carbons (Fsp3) is 0.312. The SMILES string of the molecule is COc1ccnc(C(=O)N[C@@H](C)C(=O)OC(C)=C(c2ccc(C)c(F)c2)c2ccc(C)c(F)c2)c1OC(=O)CC1CC1. The number of methoxy groups -OCH3 is 1. The Bertz CT molecular complexity index is 1510. The molecule has 0 unspecified atom stereocenters. The van der Waals surface area contributed by atoms with E-state index in [2.05, 4.69) is 10.3 Å². The molecule has 8 nitrogen and oxygen atoms in total. The zero-order valence-corrected chi connectivity index (χ0v) is 24.0. The summed E-state index contributed by atoms with van der Waals surface area (Å²) in [6.07, 6.45) is 3.42. The molecule has 1 N–H and O–H groups in total. The minimum Gasteiger partial charge on any atom is -0.493 e. The van der Waals surface area contributed by atoms with E-state index >= 15 is 0 Å². The molecule has 0 aliphatic heterocycles. The first-order valence-corrected chi connectivity index (χ1v) is 13.5. The van der Waals surface area contributed by atoms with Crippen LogP contribution in [0.1, 0.15) is 65.9 Å². The number of hydrogen-bond donors (Lipinski definition) is 1. The maximum absolute atomic E-state index is 14.5. The van der Waals surface area contributed by atoms with Crippen LogP contribution in [0, 0.1) is 31.4 Å². The largest absolute Gasteiger partial charge is 0.493 e. The summed E-state index contributed by atoms with van der Waals surface area (Å²) in [5.74, 6) is -2.78. The van der Waals surface area contributed by atoms with Gasteiger partial charge in [0.05, 0.1) is 7.11 Å². The predicted molar refractivity (Wildman–Crippen MR) is 151 cm³/mol. The number of benzene rings is 2. The van der Waals surface area contributed by atoms with Gasteiger partial charge in [0, 0.05) is 24.3 Å². The van der Waals surface area contributed by atoms with E-state index in [1.165, 1.54) is 45.4 Å². The van der Waals surface area contributed by atoms with Crippen molar-refractivity contribution < 1.29 is 37.4 Å². The van der Waals surface area contributed by atoms with E-state index < -0.39 is 35.5 Å². The number of hydrogen-bond acceptors (Lipinski definition) is 7. The average Bonchev–Trinajstić information content (AvgIpc) is 3.76. The third-order valence-electron chi connectivity index (χ3n) is 6.90. The zero-order valence-electron chi connectivity index (χ0n) is 24.0. The Labute approximate surface area is 242 Å². The number of allylic oxidation sites excluding steroid dienone is 1. The van der Waals surface area contributed by atoms with Gasteiger partial charge in [-0.25, -0.2) is 18.6 Å². The second-order valence-electron chi connectivity index (χ2n) is 10.3. The molecule has 1 atom stereocenters. The zero-order chi connectivity index (χ0) is 30.6. The normalized spacial score (nSPS) is 13.1. The lowest BCUT2D eigenvalue weighted by atomic mass is 9.95. The highest BCUT2D eigenvalue weighted by Gasteiger charge is 2.29. The van der Waals surface area contributed by atoms with Gasteiger partial charge in [0.2, 0.25) is 5.75 Å². The molecule has 0 spiro atoms. The Morgan fingerprint density at radius 1 is 1.00 bits per heavy atom. The molecule has 220 valence electrons. The predicted octanol–water partition coefficient (Wildman–Crippen LogP) is 5.83. The van der Waals surface area contributed by atoms with Gasteiger partial charge in [-0.05, 0) is 80.8 Å². The van der Waals surface area contributed by atoms with Crippen molar-refractivity contribution in [3.63, 3.8) is 0 Å². The second-order valence-corrected chi connectivity index (χ2v) is 10.3. The number of nitrogens with one attached hydrogen (secondary N) is 1. The van der Waals surface area contributed by atoms with E-state index in [4.69, 9.17) is 14.2 Å². The minimum absolute atomic E-state index is 0.0711. The molecule has 10 heteroatoms. The van der Waals surface area contributed by atoms with E-state index in [1.807, 2.05) is 0 Å². The van der Waals surface area contributed by atoms with Crippen molar-refractivity contribution >= 4 is 23.4 Å². The quantitative estimate of drug-likeness (QED) is 0.238. The van der Waals surface area contributed by atoms with Crippen LogP contribution in [-0.4, -0.2) is 36.0 Å². The average molecular weight is 579 g/mol. The Hall–Kier alpha value is -4.60. The molecule has 2 aromatic carbocycles. The molecule has 1 saturated carbocycles. The lowest BCUT2D eigenvalue weighted by Crippen LogP contribution is -2.40. The van der Waals surface area contributed by atoms with Crippen LogP contribution in [0.4, 0.5) is 8.78 Å². The molecule has 1 amide bonds. The van der Waals surface area contributed by atoms with Crippen molar-refractivity contribution in [2.75, 3.05) is 7.11 Å². The van der Waals surface area contributed by atoms with Crippen molar-refractivity contribution in [2.45, 2.75) is 53.0 Å². The molecular formula is C32H32F2N2O6. The lowest BCUT2D eigenvalue weighted by Gasteiger charge is -2.18. The smallest absolute Gasteiger partial charge is 0.333 e. The molecule has 0 radical (unpaired) electrons. The molecule has 1 fully saturated rings. The number of esters is 2. The van der Waals surface area contributed by atoms with E-state index in [0.29, 0.717) is 27.8 Å². The summed E-state index contributed by atoms with van der Waals surface area (Å²) in [6.45, 7) is 6.13. The van der Waals surface area contributed by atoms with E-state index in [9.17, 15) is 23.2 Å². The molecule has 1 heterocycles. The number of carbonyl (C=O) groups is 3. The lowest BCUT2D eigenvalue weighted by molar-refractivity contribution is -0.141. The fourth-order valence-electron chi connectivity index (χ4n) is 4.25. The number of halogens is 2. The van der Waals surface area contributed by atoms with Gasteiger partial charge in [-0.15, -0.1) is 0 Å². The molecule has 0 bridgehead atoms. The number of aromatic nitrogens is 1. The molecule has 1 aliphatic rings. The number of aryl methyl sites for hydroxylation is 2. The van der Waals surface area contributed by atoms with Crippen molar-refractivity contribution in [3.05, 3.63) is 94.0 Å². The maximum Gasteiger partial charge on any atom is 0.333 e. The van der Waals surface area contributed by atoms with Gasteiger partial charge >= 0.3 is 11.9 Å². The summed E-state index contributed by atoms with van der Waals surface area (Å²) in [4.78, 5) is 42.7. The number of ether oxygens (including phenoxy) is 3. The molecule has 1 aromatic heterocycles. The van der Waals surface area contributed by atoms with Crippen molar-refractivity contribution in [1.82, 2.24) is 10.3 Å². The summed E-state index contributed by atoms with van der Waals surface area (Å²) >= 11 is 0. The van der Waals surface area contributed by atoms with Crippen LogP contribution in [0.3, 0.4) is 0 Å².